The number of unbranched alkanes of at least 4 members (excludes halogenated alkanes) is 3. The largest absolute Gasteiger partial charge is 0.479 e. The zero-order valence-corrected chi connectivity index (χ0v) is 17.3. The van der Waals surface area contributed by atoms with E-state index in [1.165, 1.54) is 0 Å². The maximum atomic E-state index is 10.6. The van der Waals surface area contributed by atoms with E-state index in [0.717, 1.165) is 0 Å². The van der Waals surface area contributed by atoms with E-state index in [9.17, 15) is 61.0 Å². The average molecular weight is 503 g/mol. The van der Waals surface area contributed by atoms with Crippen molar-refractivity contribution >= 4 is 29.0 Å². The van der Waals surface area contributed by atoms with Crippen molar-refractivity contribution in [1.29, 1.82) is 0 Å². The molecule has 0 aliphatic rings. The van der Waals surface area contributed by atoms with Gasteiger partial charge in [0.05, 0.1) is 6.10 Å². The fourth-order valence-corrected chi connectivity index (χ4v) is 2.96. The quantitative estimate of drug-likeness (QED) is 0.0650. The van der Waals surface area contributed by atoms with Gasteiger partial charge < -0.3 is 66.4 Å². The summed E-state index contributed by atoms with van der Waals surface area (Å²) in [5.74, 6) is -1.96. The first-order valence-electron chi connectivity index (χ1n) is 10.1. The van der Waals surface area contributed by atoms with Crippen LogP contribution >= 0.6 is 0 Å². The number of aliphatic carboxylic acids is 1. The monoisotopic (exact) mass is 502 g/mol. The van der Waals surface area contributed by atoms with E-state index >= 15 is 0 Å². The molecule has 0 heterocycles. The van der Waals surface area contributed by atoms with Gasteiger partial charge >= 0.3 is 29.0 Å². The van der Waals surface area contributed by atoms with E-state index in [1.807, 2.05) is 0 Å². The average Bonchev–Trinajstić information content (AvgIpc) is 2.78. The summed E-state index contributed by atoms with van der Waals surface area (Å²) < 4.78 is 0. The molecule has 0 saturated heterocycles. The summed E-state index contributed by atoms with van der Waals surface area (Å²) in [5.41, 5.74) is 0. The van der Waals surface area contributed by atoms with Gasteiger partial charge in [-0.2, -0.15) is 0 Å². The molecule has 0 aliphatic carbocycles. The summed E-state index contributed by atoms with van der Waals surface area (Å²) in [6, 6.07) is 0. The van der Waals surface area contributed by atoms with Crippen LogP contribution in [0.1, 0.15) is 32.1 Å². The third-order valence-electron chi connectivity index (χ3n) is 5.18. The summed E-state index contributed by atoms with van der Waals surface area (Å²) in [5, 5.41) is 125. The Balaban J connectivity index is 0. The normalized spacial score (nSPS) is 21.9. The van der Waals surface area contributed by atoms with Crippen molar-refractivity contribution < 1.29 is 71.2 Å². The summed E-state index contributed by atoms with van der Waals surface area (Å²) in [4.78, 5) is 10.6. The molecular weight excluding hydrogens is 464 g/mol. The lowest BCUT2D eigenvalue weighted by atomic mass is 9.89. The van der Waals surface area contributed by atoms with Gasteiger partial charge in [0, 0.05) is 6.61 Å². The predicted octanol–water partition coefficient (Wildman–Crippen LogP) is -6.93. The molecule has 0 spiro atoms. The predicted molar refractivity (Wildman–Crippen MR) is 112 cm³/mol. The Morgan fingerprint density at radius 3 is 1.21 bits per heavy atom. The molecule has 0 aliphatic heterocycles. The number of rotatable bonds is 17. The van der Waals surface area contributed by atoms with Crippen LogP contribution in [-0.2, 0) is 4.79 Å². The van der Waals surface area contributed by atoms with Crippen LogP contribution in [0.25, 0.3) is 0 Å². The Labute approximate surface area is 206 Å². The molecule has 0 aromatic rings. The molecule has 13 N–H and O–H groups in total. The Morgan fingerprint density at radius 1 is 0.515 bits per heavy atom. The van der Waals surface area contributed by atoms with Gasteiger partial charge in [0.15, 0.2) is 6.10 Å². The highest BCUT2D eigenvalue weighted by Crippen LogP contribution is 2.19. The van der Waals surface area contributed by atoms with Crippen LogP contribution in [0.15, 0.2) is 0 Å². The number of hydrogen-bond acceptors (Lipinski definition) is 13. The fourth-order valence-electron chi connectivity index (χ4n) is 2.96. The van der Waals surface area contributed by atoms with Crippen LogP contribution in [0, 0.1) is 0 Å². The minimum Gasteiger partial charge on any atom is -0.479 e. The molecule has 15 heteroatoms. The molecule has 0 aromatic carbocycles. The van der Waals surface area contributed by atoms with Crippen molar-refractivity contribution in [1.82, 2.24) is 0 Å². The van der Waals surface area contributed by atoms with E-state index in [-0.39, 0.29) is 36.1 Å². The number of carboxylic acids is 1. The Kier molecular flexibility index (Phi) is 18.2. The molecule has 0 bridgehead atoms. The first kappa shape index (κ1) is 34.9. The SMILES string of the molecule is O=C(O)C(O)C(O)C(O)C(O)C(O)C(O)C(O)C(O)C(O)C(O)C(O)CCCCCCO.[MgH2]. The number of carbonyl (C=O) groups is 1. The molecule has 0 amide bonds. The van der Waals surface area contributed by atoms with Gasteiger partial charge in [0.1, 0.15) is 54.9 Å². The lowest BCUT2D eigenvalue weighted by Gasteiger charge is -2.35. The number of aliphatic hydroxyl groups is 12. The Bertz CT molecular complexity index is 528. The van der Waals surface area contributed by atoms with Crippen LogP contribution in [0.2, 0.25) is 0 Å². The van der Waals surface area contributed by atoms with Gasteiger partial charge in [0.25, 0.3) is 0 Å². The standard InChI is InChI=1S/C18H36O14.Mg.2H/c19-6-4-2-1-3-5-7(20)8(21)9(22)10(23)11(24)12(25)13(26)14(27)15(28)16(29)17(30)18(31)32;;;/h7-17,19-30H,1-6H2,(H,31,32);;;. The maximum Gasteiger partial charge on any atom is 0.335 e. The van der Waals surface area contributed by atoms with Gasteiger partial charge in [0.2, 0.25) is 0 Å². The van der Waals surface area contributed by atoms with Crippen molar-refractivity contribution in [3.05, 3.63) is 0 Å². The van der Waals surface area contributed by atoms with E-state index in [2.05, 4.69) is 0 Å². The van der Waals surface area contributed by atoms with Gasteiger partial charge in [-0.15, -0.1) is 0 Å². The summed E-state index contributed by atoms with van der Waals surface area (Å²) in [7, 11) is 0. The summed E-state index contributed by atoms with van der Waals surface area (Å²) in [6.45, 7) is 0.00692. The molecule has 33 heavy (non-hydrogen) atoms. The third-order valence-corrected chi connectivity index (χ3v) is 5.18. The molecule has 0 aromatic heterocycles. The van der Waals surface area contributed by atoms with Crippen LogP contribution in [0.5, 0.6) is 0 Å². The maximum absolute atomic E-state index is 10.6. The molecule has 0 radical (unpaired) electrons. The van der Waals surface area contributed by atoms with Crippen LogP contribution < -0.4 is 0 Å². The van der Waals surface area contributed by atoms with Crippen molar-refractivity contribution in [3.8, 4) is 0 Å². The zero-order valence-electron chi connectivity index (χ0n) is 17.3. The molecule has 0 rings (SSSR count). The molecule has 11 atom stereocenters. The molecule has 0 fully saturated rings. The van der Waals surface area contributed by atoms with E-state index in [1.54, 1.807) is 0 Å². The van der Waals surface area contributed by atoms with Gasteiger partial charge in [-0.25, -0.2) is 4.79 Å². The second-order valence-electron chi connectivity index (χ2n) is 7.69. The van der Waals surface area contributed by atoms with E-state index < -0.39 is 73.1 Å². The summed E-state index contributed by atoms with van der Waals surface area (Å²) in [6.07, 6.45) is -23.3. The van der Waals surface area contributed by atoms with Gasteiger partial charge in [-0.05, 0) is 12.8 Å². The van der Waals surface area contributed by atoms with Crippen LogP contribution in [-0.4, -0.2) is 169 Å². The van der Waals surface area contributed by atoms with E-state index in [4.69, 9.17) is 10.2 Å². The van der Waals surface area contributed by atoms with Gasteiger partial charge in [-0.1, -0.05) is 19.3 Å². The smallest absolute Gasteiger partial charge is 0.335 e. The second kappa shape index (κ2) is 17.2. The Hall–Kier alpha value is -0.244. The topological polar surface area (TPSA) is 280 Å². The van der Waals surface area contributed by atoms with Gasteiger partial charge in [-0.3, -0.25) is 0 Å². The molecule has 0 saturated carbocycles. The Morgan fingerprint density at radius 2 is 0.848 bits per heavy atom. The molecular formula is C18H38MgO14. The number of aliphatic hydroxyl groups excluding tert-OH is 12. The van der Waals surface area contributed by atoms with Crippen LogP contribution in [0.3, 0.4) is 0 Å². The van der Waals surface area contributed by atoms with Crippen molar-refractivity contribution in [3.63, 3.8) is 0 Å². The molecule has 14 nitrogen and oxygen atoms in total. The van der Waals surface area contributed by atoms with Crippen molar-refractivity contribution in [2.45, 2.75) is 99.2 Å². The number of hydrogen-bond donors (Lipinski definition) is 13. The highest BCUT2D eigenvalue weighted by Gasteiger charge is 2.44. The first-order valence-corrected chi connectivity index (χ1v) is 10.1. The lowest BCUT2D eigenvalue weighted by molar-refractivity contribution is -0.197. The third kappa shape index (κ3) is 10.9. The highest BCUT2D eigenvalue weighted by molar-refractivity contribution is 5.75. The van der Waals surface area contributed by atoms with E-state index in [0.29, 0.717) is 25.7 Å². The second-order valence-corrected chi connectivity index (χ2v) is 7.69. The minimum atomic E-state index is -2.55. The van der Waals surface area contributed by atoms with Crippen LogP contribution in [0.4, 0.5) is 0 Å². The number of carboxylic acid groups (broad SMARTS) is 1. The summed E-state index contributed by atoms with van der Waals surface area (Å²) >= 11 is 0. The first-order chi connectivity index (χ1) is 14.8. The minimum absolute atomic E-state index is 0. The highest BCUT2D eigenvalue weighted by atomic mass is 24.3. The van der Waals surface area contributed by atoms with Crippen molar-refractivity contribution in [2.24, 2.45) is 0 Å². The lowest BCUT2D eigenvalue weighted by Crippen LogP contribution is -2.59. The zero-order chi connectivity index (χ0) is 25.2. The fraction of sp³-hybridized carbons (Fsp3) is 0.944. The molecule has 11 unspecified atom stereocenters. The molecule has 196 valence electrons. The van der Waals surface area contributed by atoms with Crippen molar-refractivity contribution in [2.75, 3.05) is 6.61 Å².